The number of anilines is 1. The highest BCUT2D eigenvalue weighted by molar-refractivity contribution is 6.30. The van der Waals surface area contributed by atoms with Gasteiger partial charge in [0.15, 0.2) is 11.4 Å². The predicted octanol–water partition coefficient (Wildman–Crippen LogP) is 4.96. The summed E-state index contributed by atoms with van der Waals surface area (Å²) in [5.74, 6) is -0.747. The van der Waals surface area contributed by atoms with Crippen molar-refractivity contribution in [2.45, 2.75) is 32.4 Å². The Morgan fingerprint density at radius 3 is 2.43 bits per heavy atom. The van der Waals surface area contributed by atoms with Gasteiger partial charge in [0, 0.05) is 16.1 Å². The number of amides is 1. The Morgan fingerprint density at radius 1 is 1.03 bits per heavy atom. The lowest BCUT2D eigenvalue weighted by atomic mass is 9.87. The summed E-state index contributed by atoms with van der Waals surface area (Å²) in [5.41, 5.74) is 2.48. The number of rotatable bonds is 5. The van der Waals surface area contributed by atoms with Crippen molar-refractivity contribution in [2.24, 2.45) is 0 Å². The van der Waals surface area contributed by atoms with Crippen molar-refractivity contribution in [1.29, 1.82) is 0 Å². The number of nitrogens with zero attached hydrogens (tertiary/aromatic N) is 1. The Kier molecular flexibility index (Phi) is 5.22. The van der Waals surface area contributed by atoms with Crippen LogP contribution in [0.15, 0.2) is 66.7 Å². The Labute approximate surface area is 180 Å². The van der Waals surface area contributed by atoms with Crippen LogP contribution < -0.4 is 4.90 Å². The van der Waals surface area contributed by atoms with Gasteiger partial charge >= 0.3 is 0 Å². The lowest BCUT2D eigenvalue weighted by Gasteiger charge is -2.23. The third kappa shape index (κ3) is 3.53. The van der Waals surface area contributed by atoms with Crippen LogP contribution in [-0.4, -0.2) is 16.8 Å². The van der Waals surface area contributed by atoms with Crippen molar-refractivity contribution in [1.82, 2.24) is 0 Å². The molecule has 4 nitrogen and oxygen atoms in total. The van der Waals surface area contributed by atoms with Crippen LogP contribution in [0.3, 0.4) is 0 Å². The molecule has 3 aromatic carbocycles. The van der Waals surface area contributed by atoms with Crippen molar-refractivity contribution in [3.8, 4) is 0 Å². The van der Waals surface area contributed by atoms with Crippen LogP contribution in [0.1, 0.15) is 39.0 Å². The van der Waals surface area contributed by atoms with Gasteiger partial charge in [-0.05, 0) is 43.2 Å². The minimum atomic E-state index is -1.89. The SMILES string of the molecule is Cc1ccc(C(=O)C[C@]2(O)C(=O)N(Cc3ccc(Cl)cc3)c3ccccc32)c(C)c1. The fraction of sp³-hybridized carbons (Fsp3) is 0.200. The molecule has 3 aromatic rings. The van der Waals surface area contributed by atoms with E-state index < -0.39 is 11.5 Å². The van der Waals surface area contributed by atoms with E-state index >= 15 is 0 Å². The van der Waals surface area contributed by atoms with E-state index in [1.165, 1.54) is 4.90 Å². The third-order valence-corrected chi connectivity index (χ3v) is 5.84. The molecule has 0 fully saturated rings. The number of aliphatic hydroxyl groups is 1. The quantitative estimate of drug-likeness (QED) is 0.594. The highest BCUT2D eigenvalue weighted by atomic mass is 35.5. The first-order valence-corrected chi connectivity index (χ1v) is 10.2. The number of Topliss-reactive ketones (excluding diaryl/α,β-unsaturated/α-hetero) is 1. The average molecular weight is 420 g/mol. The number of carbonyl (C=O) groups excluding carboxylic acids is 2. The molecule has 1 heterocycles. The molecule has 0 bridgehead atoms. The summed E-state index contributed by atoms with van der Waals surface area (Å²) in [6.07, 6.45) is -0.302. The van der Waals surface area contributed by atoms with Crippen molar-refractivity contribution in [3.05, 3.63) is 99.6 Å². The van der Waals surface area contributed by atoms with Gasteiger partial charge in [0.2, 0.25) is 0 Å². The Morgan fingerprint density at radius 2 is 1.73 bits per heavy atom. The smallest absolute Gasteiger partial charge is 0.264 e. The zero-order valence-electron chi connectivity index (χ0n) is 16.9. The molecule has 1 amide bonds. The summed E-state index contributed by atoms with van der Waals surface area (Å²) >= 11 is 5.96. The Balaban J connectivity index is 1.68. The van der Waals surface area contributed by atoms with E-state index in [0.717, 1.165) is 16.7 Å². The number of halogens is 1. The largest absolute Gasteiger partial charge is 0.375 e. The van der Waals surface area contributed by atoms with Gasteiger partial charge in [0.25, 0.3) is 5.91 Å². The molecule has 0 aliphatic carbocycles. The molecule has 1 N–H and O–H groups in total. The molecule has 1 aliphatic heterocycles. The molecule has 0 unspecified atom stereocenters. The van der Waals surface area contributed by atoms with Gasteiger partial charge in [-0.15, -0.1) is 0 Å². The number of carbonyl (C=O) groups is 2. The lowest BCUT2D eigenvalue weighted by molar-refractivity contribution is -0.136. The van der Waals surface area contributed by atoms with Gasteiger partial charge in [0.05, 0.1) is 18.7 Å². The number of benzene rings is 3. The predicted molar refractivity (Wildman–Crippen MR) is 118 cm³/mol. The van der Waals surface area contributed by atoms with Gasteiger partial charge in [-0.2, -0.15) is 0 Å². The first-order chi connectivity index (χ1) is 14.3. The molecular weight excluding hydrogens is 398 g/mol. The van der Waals surface area contributed by atoms with Crippen LogP contribution in [0, 0.1) is 13.8 Å². The zero-order valence-corrected chi connectivity index (χ0v) is 17.6. The molecule has 4 rings (SSSR count). The normalized spacial score (nSPS) is 17.9. The van der Waals surface area contributed by atoms with Crippen LogP contribution in [0.4, 0.5) is 5.69 Å². The molecule has 1 aliphatic rings. The second-order valence-corrected chi connectivity index (χ2v) is 8.25. The molecule has 0 saturated heterocycles. The van der Waals surface area contributed by atoms with Crippen LogP contribution in [0.25, 0.3) is 0 Å². The summed E-state index contributed by atoms with van der Waals surface area (Å²) in [5, 5.41) is 12.1. The zero-order chi connectivity index (χ0) is 21.5. The van der Waals surface area contributed by atoms with Gasteiger partial charge in [-0.1, -0.05) is 65.7 Å². The van der Waals surface area contributed by atoms with E-state index in [2.05, 4.69) is 0 Å². The van der Waals surface area contributed by atoms with Crippen LogP contribution in [-0.2, 0) is 16.9 Å². The Hall–Kier alpha value is -2.95. The van der Waals surface area contributed by atoms with Crippen LogP contribution >= 0.6 is 11.6 Å². The average Bonchev–Trinajstić information content (AvgIpc) is 2.91. The first kappa shape index (κ1) is 20.3. The number of para-hydroxylation sites is 1. The van der Waals surface area contributed by atoms with E-state index in [1.54, 1.807) is 36.4 Å². The maximum atomic E-state index is 13.4. The number of hydrogen-bond acceptors (Lipinski definition) is 3. The van der Waals surface area contributed by atoms with Crippen molar-refractivity contribution in [2.75, 3.05) is 4.90 Å². The number of hydrogen-bond donors (Lipinski definition) is 1. The maximum Gasteiger partial charge on any atom is 0.264 e. The first-order valence-electron chi connectivity index (χ1n) is 9.78. The Bertz CT molecular complexity index is 1140. The fourth-order valence-corrected chi connectivity index (χ4v) is 4.19. The molecule has 0 saturated carbocycles. The summed E-state index contributed by atoms with van der Waals surface area (Å²) in [7, 11) is 0. The van der Waals surface area contributed by atoms with Gasteiger partial charge < -0.3 is 10.0 Å². The fourth-order valence-electron chi connectivity index (χ4n) is 4.06. The molecule has 0 spiro atoms. The molecule has 152 valence electrons. The molecule has 0 aromatic heterocycles. The van der Waals surface area contributed by atoms with Gasteiger partial charge in [-0.25, -0.2) is 0 Å². The highest BCUT2D eigenvalue weighted by Crippen LogP contribution is 2.43. The third-order valence-electron chi connectivity index (χ3n) is 5.59. The molecule has 30 heavy (non-hydrogen) atoms. The van der Waals surface area contributed by atoms with Crippen molar-refractivity contribution < 1.29 is 14.7 Å². The van der Waals surface area contributed by atoms with E-state index in [1.807, 2.05) is 44.2 Å². The van der Waals surface area contributed by atoms with Crippen molar-refractivity contribution >= 4 is 29.0 Å². The lowest BCUT2D eigenvalue weighted by Crippen LogP contribution is -2.41. The van der Waals surface area contributed by atoms with Crippen LogP contribution in [0.2, 0.25) is 5.02 Å². The van der Waals surface area contributed by atoms with Gasteiger partial charge in [-0.3, -0.25) is 9.59 Å². The molecular formula is C25H22ClNO3. The number of ketones is 1. The van der Waals surface area contributed by atoms with Crippen LogP contribution in [0.5, 0.6) is 0 Å². The molecule has 1 atom stereocenters. The minimum Gasteiger partial charge on any atom is -0.375 e. The second kappa shape index (κ2) is 7.71. The van der Waals surface area contributed by atoms with E-state index in [0.29, 0.717) is 21.8 Å². The number of aryl methyl sites for hydroxylation is 2. The molecule has 0 radical (unpaired) electrons. The topological polar surface area (TPSA) is 57.6 Å². The summed E-state index contributed by atoms with van der Waals surface area (Å²) < 4.78 is 0. The summed E-state index contributed by atoms with van der Waals surface area (Å²) in [6.45, 7) is 4.11. The van der Waals surface area contributed by atoms with Gasteiger partial charge in [0.1, 0.15) is 0 Å². The van der Waals surface area contributed by atoms with E-state index in [4.69, 9.17) is 11.6 Å². The monoisotopic (exact) mass is 419 g/mol. The second-order valence-electron chi connectivity index (χ2n) is 7.81. The molecule has 5 heteroatoms. The maximum absolute atomic E-state index is 13.4. The standard InChI is InChI=1S/C25H22ClNO3/c1-16-7-12-20(17(2)13-16)23(28)14-25(30)21-5-3-4-6-22(21)27(24(25)29)15-18-8-10-19(26)11-9-18/h3-13,30H,14-15H2,1-2H3/t25-/m1/s1. The highest BCUT2D eigenvalue weighted by Gasteiger charge is 2.50. The van der Waals surface area contributed by atoms with E-state index in [9.17, 15) is 14.7 Å². The van der Waals surface area contributed by atoms with E-state index in [-0.39, 0.29) is 18.7 Å². The van der Waals surface area contributed by atoms with Crippen molar-refractivity contribution in [3.63, 3.8) is 0 Å². The summed E-state index contributed by atoms with van der Waals surface area (Å²) in [4.78, 5) is 27.9. The minimum absolute atomic E-state index is 0.258. The number of fused-ring (bicyclic) bond motifs is 1. The summed E-state index contributed by atoms with van der Waals surface area (Å²) in [6, 6.07) is 19.9.